The third-order valence-corrected chi connectivity index (χ3v) is 5.54. The lowest BCUT2D eigenvalue weighted by Crippen LogP contribution is -2.21. The first kappa shape index (κ1) is 19.6. The maximum Gasteiger partial charge on any atom is 0.262 e. The number of benzene rings is 3. The second kappa shape index (κ2) is 8.34. The van der Waals surface area contributed by atoms with Crippen molar-refractivity contribution >= 4 is 39.1 Å². The molecule has 0 unspecified atom stereocenters. The summed E-state index contributed by atoms with van der Waals surface area (Å²) in [7, 11) is 0. The number of fused-ring (bicyclic) bond motifs is 1. The highest BCUT2D eigenvalue weighted by Gasteiger charge is 2.11. The first-order chi connectivity index (χ1) is 14.5. The zero-order valence-electron chi connectivity index (χ0n) is 16.2. The van der Waals surface area contributed by atoms with Gasteiger partial charge in [0.15, 0.2) is 6.61 Å². The van der Waals surface area contributed by atoms with E-state index in [1.54, 1.807) is 35.6 Å². The number of nitrogens with one attached hydrogen (secondary N) is 1. The molecule has 6 nitrogen and oxygen atoms in total. The smallest absolute Gasteiger partial charge is 0.262 e. The van der Waals surface area contributed by atoms with Gasteiger partial charge in [0, 0.05) is 11.3 Å². The highest BCUT2D eigenvalue weighted by molar-refractivity contribution is 7.21. The number of aromatic nitrogens is 1. The van der Waals surface area contributed by atoms with E-state index < -0.39 is 5.91 Å². The summed E-state index contributed by atoms with van der Waals surface area (Å²) < 4.78 is 6.60. The minimum atomic E-state index is -0.605. The van der Waals surface area contributed by atoms with Crippen LogP contribution in [0.3, 0.4) is 0 Å². The SMILES string of the molecule is Cc1ccc2nc(-c3ccc(NC(=O)COc4ccccc4C(N)=O)cc3)sc2c1. The van der Waals surface area contributed by atoms with E-state index in [0.29, 0.717) is 5.69 Å². The summed E-state index contributed by atoms with van der Waals surface area (Å²) >= 11 is 1.64. The fraction of sp³-hybridized carbons (Fsp3) is 0.0870. The van der Waals surface area contributed by atoms with Gasteiger partial charge in [-0.05, 0) is 61.0 Å². The number of primary amides is 1. The standard InChI is InChI=1S/C23H19N3O3S/c1-14-6-11-18-20(12-14)30-23(26-18)15-7-9-16(10-8-15)25-21(27)13-29-19-5-3-2-4-17(19)22(24)28/h2-12H,13H2,1H3,(H2,24,28)(H,25,27). The van der Waals surface area contributed by atoms with Crippen molar-refractivity contribution in [1.29, 1.82) is 0 Å². The topological polar surface area (TPSA) is 94.3 Å². The monoisotopic (exact) mass is 417 g/mol. The molecule has 2 amide bonds. The second-order valence-corrected chi connectivity index (χ2v) is 7.80. The fourth-order valence-electron chi connectivity index (χ4n) is 2.99. The summed E-state index contributed by atoms with van der Waals surface area (Å²) in [5.41, 5.74) is 9.37. The molecule has 1 aromatic heterocycles. The van der Waals surface area contributed by atoms with Crippen molar-refractivity contribution in [2.24, 2.45) is 5.73 Å². The molecular formula is C23H19N3O3S. The number of anilines is 1. The average Bonchev–Trinajstić information content (AvgIpc) is 3.16. The van der Waals surface area contributed by atoms with Crippen molar-refractivity contribution in [3.63, 3.8) is 0 Å². The van der Waals surface area contributed by atoms with E-state index in [0.717, 1.165) is 20.8 Å². The molecular weight excluding hydrogens is 398 g/mol. The van der Waals surface area contributed by atoms with Gasteiger partial charge in [0.25, 0.3) is 11.8 Å². The molecule has 150 valence electrons. The lowest BCUT2D eigenvalue weighted by atomic mass is 10.2. The Morgan fingerprint density at radius 2 is 1.83 bits per heavy atom. The van der Waals surface area contributed by atoms with E-state index in [2.05, 4.69) is 23.3 Å². The average molecular weight is 417 g/mol. The number of thiazole rings is 1. The molecule has 0 aliphatic carbocycles. The molecule has 0 saturated heterocycles. The van der Waals surface area contributed by atoms with Crippen molar-refractivity contribution < 1.29 is 14.3 Å². The van der Waals surface area contributed by atoms with Gasteiger partial charge < -0.3 is 15.8 Å². The van der Waals surface area contributed by atoms with Crippen LogP contribution in [0.25, 0.3) is 20.8 Å². The van der Waals surface area contributed by atoms with Crippen molar-refractivity contribution in [1.82, 2.24) is 4.98 Å². The number of rotatable bonds is 6. The lowest BCUT2D eigenvalue weighted by Gasteiger charge is -2.10. The molecule has 3 aromatic carbocycles. The Hall–Kier alpha value is -3.71. The summed E-state index contributed by atoms with van der Waals surface area (Å²) in [6.45, 7) is 1.83. The van der Waals surface area contributed by atoms with E-state index in [-0.39, 0.29) is 23.8 Å². The van der Waals surface area contributed by atoms with Gasteiger partial charge in [-0.3, -0.25) is 9.59 Å². The number of hydrogen-bond acceptors (Lipinski definition) is 5. The molecule has 0 atom stereocenters. The van der Waals surface area contributed by atoms with E-state index in [1.807, 2.05) is 36.4 Å². The first-order valence-corrected chi connectivity index (χ1v) is 10.1. The predicted molar refractivity (Wildman–Crippen MR) is 119 cm³/mol. The van der Waals surface area contributed by atoms with Crippen LogP contribution in [-0.4, -0.2) is 23.4 Å². The van der Waals surface area contributed by atoms with E-state index in [1.165, 1.54) is 5.56 Å². The van der Waals surface area contributed by atoms with Crippen LogP contribution in [0, 0.1) is 6.92 Å². The second-order valence-electron chi connectivity index (χ2n) is 6.76. The van der Waals surface area contributed by atoms with Crippen LogP contribution in [0.4, 0.5) is 5.69 Å². The normalized spacial score (nSPS) is 10.7. The number of nitrogens with two attached hydrogens (primary N) is 1. The van der Waals surface area contributed by atoms with Crippen molar-refractivity contribution in [2.45, 2.75) is 6.92 Å². The lowest BCUT2D eigenvalue weighted by molar-refractivity contribution is -0.118. The first-order valence-electron chi connectivity index (χ1n) is 9.29. The molecule has 0 aliphatic heterocycles. The molecule has 1 heterocycles. The third-order valence-electron chi connectivity index (χ3n) is 4.47. The molecule has 0 radical (unpaired) electrons. The van der Waals surface area contributed by atoms with E-state index in [4.69, 9.17) is 10.5 Å². The number of amides is 2. The highest BCUT2D eigenvalue weighted by Crippen LogP contribution is 2.31. The Labute approximate surface area is 177 Å². The Morgan fingerprint density at radius 1 is 1.07 bits per heavy atom. The minimum absolute atomic E-state index is 0.233. The van der Waals surface area contributed by atoms with Gasteiger partial charge in [0.2, 0.25) is 0 Å². The molecule has 4 aromatic rings. The maximum atomic E-state index is 12.2. The molecule has 0 fully saturated rings. The molecule has 0 saturated carbocycles. The quantitative estimate of drug-likeness (QED) is 0.486. The summed E-state index contributed by atoms with van der Waals surface area (Å²) in [4.78, 5) is 28.3. The van der Waals surface area contributed by atoms with E-state index in [9.17, 15) is 9.59 Å². The van der Waals surface area contributed by atoms with Gasteiger partial charge in [0.05, 0.1) is 15.8 Å². The van der Waals surface area contributed by atoms with Crippen LogP contribution < -0.4 is 15.8 Å². The number of aryl methyl sites for hydroxylation is 1. The number of hydrogen-bond donors (Lipinski definition) is 2. The Kier molecular flexibility index (Phi) is 5.45. The molecule has 0 aliphatic rings. The summed E-state index contributed by atoms with van der Waals surface area (Å²) in [5.74, 6) is -0.661. The fourth-order valence-corrected chi connectivity index (χ4v) is 4.06. The van der Waals surface area contributed by atoms with Crippen molar-refractivity contribution in [3.8, 4) is 16.3 Å². The van der Waals surface area contributed by atoms with Gasteiger partial charge in [-0.15, -0.1) is 11.3 Å². The Balaban J connectivity index is 1.40. The van der Waals surface area contributed by atoms with Crippen LogP contribution in [0.5, 0.6) is 5.75 Å². The largest absolute Gasteiger partial charge is 0.483 e. The summed E-state index contributed by atoms with van der Waals surface area (Å²) in [6.07, 6.45) is 0. The van der Waals surface area contributed by atoms with Gasteiger partial charge >= 0.3 is 0 Å². The van der Waals surface area contributed by atoms with Gasteiger partial charge in [-0.1, -0.05) is 18.2 Å². The Morgan fingerprint density at radius 3 is 2.60 bits per heavy atom. The molecule has 7 heteroatoms. The molecule has 3 N–H and O–H groups in total. The molecule has 0 spiro atoms. The van der Waals surface area contributed by atoms with Crippen molar-refractivity contribution in [3.05, 3.63) is 77.9 Å². The van der Waals surface area contributed by atoms with Crippen LogP contribution in [0.2, 0.25) is 0 Å². The number of para-hydroxylation sites is 1. The number of nitrogens with zero attached hydrogens (tertiary/aromatic N) is 1. The van der Waals surface area contributed by atoms with Crippen LogP contribution in [-0.2, 0) is 4.79 Å². The third kappa shape index (κ3) is 4.31. The number of carbonyl (C=O) groups excluding carboxylic acids is 2. The molecule has 4 rings (SSSR count). The molecule has 30 heavy (non-hydrogen) atoms. The van der Waals surface area contributed by atoms with Crippen molar-refractivity contribution in [2.75, 3.05) is 11.9 Å². The number of carbonyl (C=O) groups is 2. The highest BCUT2D eigenvalue weighted by atomic mass is 32.1. The van der Waals surface area contributed by atoms with Gasteiger partial charge in [0.1, 0.15) is 10.8 Å². The zero-order valence-corrected chi connectivity index (χ0v) is 17.0. The summed E-state index contributed by atoms with van der Waals surface area (Å²) in [5, 5.41) is 3.71. The number of ether oxygens (including phenoxy) is 1. The zero-order chi connectivity index (χ0) is 21.1. The van der Waals surface area contributed by atoms with Gasteiger partial charge in [-0.2, -0.15) is 0 Å². The molecule has 0 bridgehead atoms. The minimum Gasteiger partial charge on any atom is -0.483 e. The predicted octanol–water partition coefficient (Wildman–Crippen LogP) is 4.39. The van der Waals surface area contributed by atoms with Gasteiger partial charge in [-0.25, -0.2) is 4.98 Å². The van der Waals surface area contributed by atoms with Crippen LogP contribution in [0.15, 0.2) is 66.7 Å². The maximum absolute atomic E-state index is 12.2. The Bertz CT molecular complexity index is 1230. The van der Waals surface area contributed by atoms with Crippen LogP contribution in [0.1, 0.15) is 15.9 Å². The van der Waals surface area contributed by atoms with E-state index >= 15 is 0 Å². The summed E-state index contributed by atoms with van der Waals surface area (Å²) in [6, 6.07) is 20.2. The van der Waals surface area contributed by atoms with Crippen LogP contribution >= 0.6 is 11.3 Å².